The molecule has 0 saturated heterocycles. The molecule has 7 nitrogen and oxygen atoms in total. The van der Waals surface area contributed by atoms with Gasteiger partial charge in [0.25, 0.3) is 0 Å². The zero-order valence-corrected chi connectivity index (χ0v) is 17.3. The number of rotatable bonds is 8. The van der Waals surface area contributed by atoms with Crippen molar-refractivity contribution in [1.29, 1.82) is 0 Å². The molecule has 2 aromatic carbocycles. The molecule has 0 saturated carbocycles. The van der Waals surface area contributed by atoms with E-state index in [9.17, 15) is 18.3 Å². The zero-order valence-electron chi connectivity index (χ0n) is 16.4. The summed E-state index contributed by atoms with van der Waals surface area (Å²) >= 11 is 0. The molecule has 0 aliphatic rings. The molecule has 1 atom stereocenters. The number of hydrogen-bond acceptors (Lipinski definition) is 5. The molecule has 2 aromatic rings. The van der Waals surface area contributed by atoms with Gasteiger partial charge < -0.3 is 15.2 Å². The number of sulfonamides is 1. The third kappa shape index (κ3) is 6.05. The number of methoxy groups -OCH3 is 1. The number of hydrogen-bond donors (Lipinski definition) is 3. The SMILES string of the molecule is COc1ccc(C[C@](C)(O)CNS(=O)(=O)c2ccc(NC(C)=O)cc2C)cc1. The van der Waals surface area contributed by atoms with E-state index in [-0.39, 0.29) is 23.8 Å². The van der Waals surface area contributed by atoms with E-state index in [0.29, 0.717) is 17.0 Å². The van der Waals surface area contributed by atoms with Crippen molar-refractivity contribution in [3.05, 3.63) is 53.6 Å². The fourth-order valence-corrected chi connectivity index (χ4v) is 4.19. The molecule has 152 valence electrons. The number of carbonyl (C=O) groups excluding carboxylic acids is 1. The molecule has 0 unspecified atom stereocenters. The Balaban J connectivity index is 2.07. The maximum absolute atomic E-state index is 12.6. The van der Waals surface area contributed by atoms with Crippen LogP contribution in [-0.2, 0) is 21.2 Å². The van der Waals surface area contributed by atoms with Crippen LogP contribution in [0.4, 0.5) is 5.69 Å². The van der Waals surface area contributed by atoms with Crippen molar-refractivity contribution in [3.63, 3.8) is 0 Å². The molecule has 0 aliphatic heterocycles. The number of nitrogens with one attached hydrogen (secondary N) is 2. The molecule has 3 N–H and O–H groups in total. The number of carbonyl (C=O) groups is 1. The lowest BCUT2D eigenvalue weighted by molar-refractivity contribution is -0.114. The third-order valence-electron chi connectivity index (χ3n) is 4.17. The molecule has 0 bridgehead atoms. The number of benzene rings is 2. The summed E-state index contributed by atoms with van der Waals surface area (Å²) in [6, 6.07) is 11.8. The van der Waals surface area contributed by atoms with E-state index in [2.05, 4.69) is 10.0 Å². The Bertz CT molecular complexity index is 938. The number of amides is 1. The van der Waals surface area contributed by atoms with Crippen molar-refractivity contribution in [2.75, 3.05) is 19.0 Å². The van der Waals surface area contributed by atoms with E-state index in [1.165, 1.54) is 19.1 Å². The van der Waals surface area contributed by atoms with Gasteiger partial charge in [0.1, 0.15) is 5.75 Å². The van der Waals surface area contributed by atoms with Gasteiger partial charge in [-0.2, -0.15) is 0 Å². The Hall–Kier alpha value is -2.42. The lowest BCUT2D eigenvalue weighted by atomic mass is 9.97. The lowest BCUT2D eigenvalue weighted by Gasteiger charge is -2.24. The minimum atomic E-state index is -3.82. The van der Waals surface area contributed by atoms with E-state index in [1.54, 1.807) is 39.2 Å². The number of aryl methyl sites for hydroxylation is 1. The van der Waals surface area contributed by atoms with Crippen molar-refractivity contribution in [1.82, 2.24) is 4.72 Å². The monoisotopic (exact) mass is 406 g/mol. The maximum Gasteiger partial charge on any atom is 0.240 e. The quantitative estimate of drug-likeness (QED) is 0.624. The molecular weight excluding hydrogens is 380 g/mol. The van der Waals surface area contributed by atoms with E-state index < -0.39 is 15.6 Å². The van der Waals surface area contributed by atoms with Gasteiger partial charge in [-0.1, -0.05) is 12.1 Å². The van der Waals surface area contributed by atoms with Crippen molar-refractivity contribution in [3.8, 4) is 5.75 Å². The lowest BCUT2D eigenvalue weighted by Crippen LogP contribution is -2.42. The summed E-state index contributed by atoms with van der Waals surface area (Å²) < 4.78 is 32.9. The van der Waals surface area contributed by atoms with Crippen molar-refractivity contribution in [2.24, 2.45) is 0 Å². The van der Waals surface area contributed by atoms with Crippen LogP contribution >= 0.6 is 0 Å². The van der Waals surface area contributed by atoms with Crippen molar-refractivity contribution in [2.45, 2.75) is 37.7 Å². The molecular formula is C20H26N2O5S. The van der Waals surface area contributed by atoms with Crippen LogP contribution in [-0.4, -0.2) is 38.7 Å². The van der Waals surface area contributed by atoms with Crippen LogP contribution in [0.2, 0.25) is 0 Å². The second-order valence-electron chi connectivity index (χ2n) is 7.01. The van der Waals surface area contributed by atoms with Crippen LogP contribution < -0.4 is 14.8 Å². The fraction of sp³-hybridized carbons (Fsp3) is 0.350. The van der Waals surface area contributed by atoms with E-state index >= 15 is 0 Å². The van der Waals surface area contributed by atoms with Gasteiger partial charge in [0.05, 0.1) is 17.6 Å². The van der Waals surface area contributed by atoms with Gasteiger partial charge in [0.15, 0.2) is 0 Å². The van der Waals surface area contributed by atoms with Crippen molar-refractivity contribution < 1.29 is 23.1 Å². The summed E-state index contributed by atoms with van der Waals surface area (Å²) in [5, 5.41) is 13.2. The highest BCUT2D eigenvalue weighted by atomic mass is 32.2. The predicted octanol–water partition coefficient (Wildman–Crippen LogP) is 2.23. The molecule has 0 heterocycles. The second-order valence-corrected chi connectivity index (χ2v) is 8.74. The summed E-state index contributed by atoms with van der Waals surface area (Å²) in [7, 11) is -2.24. The first-order chi connectivity index (χ1) is 13.0. The Kier molecular flexibility index (Phi) is 6.82. The Morgan fingerprint density at radius 2 is 1.82 bits per heavy atom. The molecule has 0 radical (unpaired) electrons. The minimum absolute atomic E-state index is 0.0989. The predicted molar refractivity (Wildman–Crippen MR) is 108 cm³/mol. The molecule has 28 heavy (non-hydrogen) atoms. The average Bonchev–Trinajstić information content (AvgIpc) is 2.60. The normalized spacial score (nSPS) is 13.6. The van der Waals surface area contributed by atoms with Gasteiger partial charge in [-0.05, 0) is 55.3 Å². The van der Waals surface area contributed by atoms with Crippen LogP contribution in [0.15, 0.2) is 47.4 Å². The Morgan fingerprint density at radius 1 is 1.18 bits per heavy atom. The molecule has 2 rings (SSSR count). The summed E-state index contributed by atoms with van der Waals surface area (Å²) in [5.41, 5.74) is 0.607. The average molecular weight is 407 g/mol. The first kappa shape index (κ1) is 21.9. The van der Waals surface area contributed by atoms with Gasteiger partial charge in [-0.25, -0.2) is 13.1 Å². The largest absolute Gasteiger partial charge is 0.497 e. The Morgan fingerprint density at radius 3 is 2.36 bits per heavy atom. The summed E-state index contributed by atoms with van der Waals surface area (Å²) in [6.45, 7) is 4.46. The van der Waals surface area contributed by atoms with Gasteiger partial charge in [-0.15, -0.1) is 0 Å². The molecule has 0 spiro atoms. The van der Waals surface area contributed by atoms with Gasteiger partial charge in [0, 0.05) is 25.6 Å². The topological polar surface area (TPSA) is 105 Å². The van der Waals surface area contributed by atoms with Gasteiger partial charge in [-0.3, -0.25) is 4.79 Å². The highest BCUT2D eigenvalue weighted by Gasteiger charge is 2.25. The highest BCUT2D eigenvalue weighted by molar-refractivity contribution is 7.89. The number of ether oxygens (including phenoxy) is 1. The van der Waals surface area contributed by atoms with Crippen LogP contribution in [0.1, 0.15) is 25.0 Å². The number of anilines is 1. The maximum atomic E-state index is 12.6. The van der Waals surface area contributed by atoms with Crippen LogP contribution in [0.5, 0.6) is 5.75 Å². The standard InChI is InChI=1S/C20H26N2O5S/c1-14-11-17(22-15(2)23)7-10-19(14)28(25,26)21-13-20(3,24)12-16-5-8-18(27-4)9-6-16/h5-11,21,24H,12-13H2,1-4H3,(H,22,23)/t20-/m0/s1. The summed E-state index contributed by atoms with van der Waals surface area (Å²) in [6.07, 6.45) is 0.278. The van der Waals surface area contributed by atoms with Gasteiger partial charge in [0.2, 0.25) is 15.9 Å². The fourth-order valence-electron chi connectivity index (χ4n) is 2.81. The number of aliphatic hydroxyl groups is 1. The van der Waals surface area contributed by atoms with E-state index in [4.69, 9.17) is 4.74 Å². The smallest absolute Gasteiger partial charge is 0.240 e. The second kappa shape index (κ2) is 8.72. The molecule has 0 aliphatic carbocycles. The van der Waals surface area contributed by atoms with Crippen molar-refractivity contribution >= 4 is 21.6 Å². The first-order valence-corrected chi connectivity index (χ1v) is 10.2. The summed E-state index contributed by atoms with van der Waals surface area (Å²) in [4.78, 5) is 11.2. The van der Waals surface area contributed by atoms with Crippen LogP contribution in [0, 0.1) is 6.92 Å². The van der Waals surface area contributed by atoms with Crippen LogP contribution in [0.25, 0.3) is 0 Å². The van der Waals surface area contributed by atoms with Crippen LogP contribution in [0.3, 0.4) is 0 Å². The van der Waals surface area contributed by atoms with E-state index in [0.717, 1.165) is 5.56 Å². The summed E-state index contributed by atoms with van der Waals surface area (Å²) in [5.74, 6) is 0.477. The highest BCUT2D eigenvalue weighted by Crippen LogP contribution is 2.21. The molecule has 1 amide bonds. The third-order valence-corrected chi connectivity index (χ3v) is 5.73. The Labute approximate surface area is 165 Å². The minimum Gasteiger partial charge on any atom is -0.497 e. The first-order valence-electron chi connectivity index (χ1n) is 8.76. The molecule has 0 fully saturated rings. The zero-order chi connectivity index (χ0) is 20.9. The van der Waals surface area contributed by atoms with E-state index in [1.807, 2.05) is 12.1 Å². The van der Waals surface area contributed by atoms with Gasteiger partial charge >= 0.3 is 0 Å². The molecule has 0 aromatic heterocycles. The molecule has 8 heteroatoms.